The number of hydrogen-bond acceptors (Lipinski definition) is 2. The molecule has 2 heteroatoms. The average Bonchev–Trinajstić information content (AvgIpc) is 2.18. The maximum Gasteiger partial charge on any atom is 0.126 e. The lowest BCUT2D eigenvalue weighted by atomic mass is 9.59. The number of carbonyl (C=O) groups is 1. The highest BCUT2D eigenvalue weighted by molar-refractivity contribution is 5.60. The second-order valence-electron chi connectivity index (χ2n) is 4.66. The first-order valence-electron chi connectivity index (χ1n) is 5.43. The molecule has 2 fully saturated rings. The molecule has 0 aliphatic heterocycles. The van der Waals surface area contributed by atoms with Crippen molar-refractivity contribution in [1.82, 2.24) is 0 Å². The zero-order valence-electron chi connectivity index (χ0n) is 8.04. The summed E-state index contributed by atoms with van der Waals surface area (Å²) in [6.45, 7) is 0. The van der Waals surface area contributed by atoms with Crippen LogP contribution >= 0.6 is 0 Å². The third-order valence-electron chi connectivity index (χ3n) is 3.99. The standard InChI is InChI=1S/C11H18O2/c12-8-11-6-2-1-4-9(11)10(13)5-3-7-11/h8-10,13H,1-7H2. The van der Waals surface area contributed by atoms with Crippen LogP contribution in [0.2, 0.25) is 0 Å². The van der Waals surface area contributed by atoms with Crippen LogP contribution in [0, 0.1) is 11.3 Å². The molecular formula is C11H18O2. The van der Waals surface area contributed by atoms with Gasteiger partial charge in [-0.1, -0.05) is 12.8 Å². The molecule has 0 spiro atoms. The van der Waals surface area contributed by atoms with Crippen LogP contribution in [0.5, 0.6) is 0 Å². The summed E-state index contributed by atoms with van der Waals surface area (Å²) in [5.74, 6) is 0.271. The van der Waals surface area contributed by atoms with Gasteiger partial charge in [0, 0.05) is 5.41 Å². The van der Waals surface area contributed by atoms with Gasteiger partial charge in [0.1, 0.15) is 6.29 Å². The molecule has 0 radical (unpaired) electrons. The third-order valence-corrected chi connectivity index (χ3v) is 3.99. The number of rotatable bonds is 1. The maximum atomic E-state index is 11.2. The Balaban J connectivity index is 2.20. The molecule has 2 saturated carbocycles. The van der Waals surface area contributed by atoms with Crippen LogP contribution < -0.4 is 0 Å². The molecule has 13 heavy (non-hydrogen) atoms. The largest absolute Gasteiger partial charge is 0.393 e. The predicted molar refractivity (Wildman–Crippen MR) is 50.3 cm³/mol. The summed E-state index contributed by atoms with van der Waals surface area (Å²) in [5.41, 5.74) is -0.143. The van der Waals surface area contributed by atoms with E-state index in [1.54, 1.807) is 0 Å². The Morgan fingerprint density at radius 1 is 1.15 bits per heavy atom. The summed E-state index contributed by atoms with van der Waals surface area (Å²) in [6, 6.07) is 0. The molecule has 74 valence electrons. The average molecular weight is 182 g/mol. The number of hydrogen-bond donors (Lipinski definition) is 1. The second-order valence-corrected chi connectivity index (χ2v) is 4.66. The van der Waals surface area contributed by atoms with Gasteiger partial charge in [0.25, 0.3) is 0 Å². The molecule has 2 nitrogen and oxygen atoms in total. The molecule has 3 atom stereocenters. The molecule has 0 saturated heterocycles. The van der Waals surface area contributed by atoms with Gasteiger partial charge in [-0.05, 0) is 38.0 Å². The molecule has 3 unspecified atom stereocenters. The zero-order valence-corrected chi connectivity index (χ0v) is 8.04. The van der Waals surface area contributed by atoms with E-state index < -0.39 is 0 Å². The van der Waals surface area contributed by atoms with Crippen LogP contribution in [0.15, 0.2) is 0 Å². The molecule has 0 bridgehead atoms. The lowest BCUT2D eigenvalue weighted by Gasteiger charge is -2.46. The quantitative estimate of drug-likeness (QED) is 0.629. The van der Waals surface area contributed by atoms with Gasteiger partial charge in [0.15, 0.2) is 0 Å². The first kappa shape index (κ1) is 9.20. The molecule has 0 aromatic carbocycles. The highest BCUT2D eigenvalue weighted by Gasteiger charge is 2.46. The van der Waals surface area contributed by atoms with Gasteiger partial charge in [-0.15, -0.1) is 0 Å². The van der Waals surface area contributed by atoms with Crippen molar-refractivity contribution >= 4 is 6.29 Å². The number of aliphatic hydroxyl groups excluding tert-OH is 1. The van der Waals surface area contributed by atoms with Crippen LogP contribution in [0.25, 0.3) is 0 Å². The van der Waals surface area contributed by atoms with Crippen molar-refractivity contribution < 1.29 is 9.90 Å². The molecule has 0 amide bonds. The first-order chi connectivity index (χ1) is 6.28. The van der Waals surface area contributed by atoms with Crippen molar-refractivity contribution in [2.45, 2.75) is 51.0 Å². The van der Waals surface area contributed by atoms with Gasteiger partial charge in [0.05, 0.1) is 6.10 Å². The van der Waals surface area contributed by atoms with Crippen molar-refractivity contribution in [3.8, 4) is 0 Å². The molecule has 0 aromatic heterocycles. The van der Waals surface area contributed by atoms with E-state index in [0.717, 1.165) is 38.4 Å². The Kier molecular flexibility index (Phi) is 2.41. The minimum Gasteiger partial charge on any atom is -0.393 e. The number of aliphatic hydroxyl groups is 1. The number of carbonyl (C=O) groups excluding carboxylic acids is 1. The number of aldehydes is 1. The summed E-state index contributed by atoms with van der Waals surface area (Å²) >= 11 is 0. The monoisotopic (exact) mass is 182 g/mol. The smallest absolute Gasteiger partial charge is 0.126 e. The lowest BCUT2D eigenvalue weighted by Crippen LogP contribution is -2.45. The predicted octanol–water partition coefficient (Wildman–Crippen LogP) is 1.91. The topological polar surface area (TPSA) is 37.3 Å². The van der Waals surface area contributed by atoms with Crippen LogP contribution in [-0.4, -0.2) is 17.5 Å². The fraction of sp³-hybridized carbons (Fsp3) is 0.909. The highest BCUT2D eigenvalue weighted by Crippen LogP contribution is 2.48. The van der Waals surface area contributed by atoms with Crippen LogP contribution in [-0.2, 0) is 4.79 Å². The molecular weight excluding hydrogens is 164 g/mol. The van der Waals surface area contributed by atoms with Crippen molar-refractivity contribution in [1.29, 1.82) is 0 Å². The van der Waals surface area contributed by atoms with Crippen molar-refractivity contribution in [2.24, 2.45) is 11.3 Å². The van der Waals surface area contributed by atoms with Crippen molar-refractivity contribution in [3.05, 3.63) is 0 Å². The van der Waals surface area contributed by atoms with Gasteiger partial charge in [-0.2, -0.15) is 0 Å². The van der Waals surface area contributed by atoms with E-state index in [-0.39, 0.29) is 17.4 Å². The molecule has 0 heterocycles. The first-order valence-corrected chi connectivity index (χ1v) is 5.43. The van der Waals surface area contributed by atoms with Gasteiger partial charge < -0.3 is 9.90 Å². The molecule has 0 aromatic rings. The van der Waals surface area contributed by atoms with E-state index in [2.05, 4.69) is 0 Å². The van der Waals surface area contributed by atoms with Crippen LogP contribution in [0.3, 0.4) is 0 Å². The van der Waals surface area contributed by atoms with Crippen LogP contribution in [0.4, 0.5) is 0 Å². The summed E-state index contributed by atoms with van der Waals surface area (Å²) in [7, 11) is 0. The van der Waals surface area contributed by atoms with Gasteiger partial charge >= 0.3 is 0 Å². The highest BCUT2D eigenvalue weighted by atomic mass is 16.3. The molecule has 2 rings (SSSR count). The molecule has 2 aliphatic carbocycles. The normalized spacial score (nSPS) is 45.3. The van der Waals surface area contributed by atoms with Gasteiger partial charge in [0.2, 0.25) is 0 Å². The Morgan fingerprint density at radius 2 is 1.92 bits per heavy atom. The van der Waals surface area contributed by atoms with Gasteiger partial charge in [-0.25, -0.2) is 0 Å². The van der Waals surface area contributed by atoms with E-state index in [4.69, 9.17) is 0 Å². The summed E-state index contributed by atoms with van der Waals surface area (Å²) < 4.78 is 0. The second kappa shape index (κ2) is 3.41. The fourth-order valence-corrected chi connectivity index (χ4v) is 3.22. The van der Waals surface area contributed by atoms with Crippen molar-refractivity contribution in [3.63, 3.8) is 0 Å². The van der Waals surface area contributed by atoms with E-state index in [1.165, 1.54) is 12.8 Å². The van der Waals surface area contributed by atoms with Gasteiger partial charge in [-0.3, -0.25) is 0 Å². The maximum absolute atomic E-state index is 11.2. The van der Waals surface area contributed by atoms with Crippen LogP contribution in [0.1, 0.15) is 44.9 Å². The van der Waals surface area contributed by atoms with Crippen molar-refractivity contribution in [2.75, 3.05) is 0 Å². The fourth-order valence-electron chi connectivity index (χ4n) is 3.22. The minimum absolute atomic E-state index is 0.143. The SMILES string of the molecule is O=CC12CCCCC1C(O)CCC2. The minimum atomic E-state index is -0.209. The Hall–Kier alpha value is -0.370. The summed E-state index contributed by atoms with van der Waals surface area (Å²) in [4.78, 5) is 11.2. The molecule has 2 aliphatic rings. The summed E-state index contributed by atoms with van der Waals surface area (Å²) in [5, 5.41) is 9.84. The Morgan fingerprint density at radius 3 is 2.62 bits per heavy atom. The molecule has 1 N–H and O–H groups in total. The Labute approximate surface area is 79.3 Å². The van der Waals surface area contributed by atoms with E-state index >= 15 is 0 Å². The summed E-state index contributed by atoms with van der Waals surface area (Å²) in [6.07, 6.45) is 8.30. The third kappa shape index (κ3) is 1.41. The van der Waals surface area contributed by atoms with E-state index in [9.17, 15) is 9.90 Å². The van der Waals surface area contributed by atoms with E-state index in [0.29, 0.717) is 0 Å². The lowest BCUT2D eigenvalue weighted by molar-refractivity contribution is -0.130. The number of fused-ring (bicyclic) bond motifs is 1. The Bertz CT molecular complexity index is 198. The zero-order chi connectivity index (χ0) is 9.31. The van der Waals surface area contributed by atoms with E-state index in [1.807, 2.05) is 0 Å².